The molecule has 1 fully saturated rings. The van der Waals surface area contributed by atoms with E-state index in [-0.39, 0.29) is 12.1 Å². The highest BCUT2D eigenvalue weighted by atomic mass is 79.9. The van der Waals surface area contributed by atoms with Crippen LogP contribution >= 0.6 is 15.9 Å². The van der Waals surface area contributed by atoms with Crippen LogP contribution in [0, 0.1) is 6.92 Å². The van der Waals surface area contributed by atoms with Gasteiger partial charge in [0.05, 0.1) is 0 Å². The van der Waals surface area contributed by atoms with E-state index in [1.807, 2.05) is 6.07 Å². The van der Waals surface area contributed by atoms with Crippen molar-refractivity contribution >= 4 is 21.9 Å². The number of rotatable bonds is 2. The maximum atomic E-state index is 6.15. The Morgan fingerprint density at radius 3 is 3.05 bits per heavy atom. The monoisotopic (exact) mass is 349 g/mol. The van der Waals surface area contributed by atoms with Crippen LogP contribution in [-0.4, -0.2) is 33.8 Å². The Bertz CT molecular complexity index is 639. The van der Waals surface area contributed by atoms with E-state index >= 15 is 0 Å². The molecule has 112 valence electrons. The van der Waals surface area contributed by atoms with Gasteiger partial charge in [-0.1, -0.05) is 22.0 Å². The first-order valence-electron chi connectivity index (χ1n) is 7.27. The molecule has 3 rings (SSSR count). The van der Waals surface area contributed by atoms with Gasteiger partial charge in [0, 0.05) is 28.7 Å². The van der Waals surface area contributed by atoms with E-state index in [9.17, 15) is 0 Å². The summed E-state index contributed by atoms with van der Waals surface area (Å²) in [5, 5.41) is 7.45. The maximum absolute atomic E-state index is 6.15. The molecule has 0 bridgehead atoms. The molecule has 6 heteroatoms. The van der Waals surface area contributed by atoms with E-state index in [1.165, 1.54) is 5.56 Å². The predicted molar refractivity (Wildman–Crippen MR) is 88.3 cm³/mol. The zero-order chi connectivity index (χ0) is 15.0. The summed E-state index contributed by atoms with van der Waals surface area (Å²) in [6.07, 6.45) is 2.16. The lowest BCUT2D eigenvalue weighted by Crippen LogP contribution is -2.50. The third-order valence-electron chi connectivity index (χ3n) is 4.23. The second-order valence-electron chi connectivity index (χ2n) is 5.68. The number of aryl methyl sites for hydroxylation is 1. The Labute approximate surface area is 133 Å². The Morgan fingerprint density at radius 2 is 2.24 bits per heavy atom. The molecule has 0 radical (unpaired) electrons. The highest BCUT2D eigenvalue weighted by molar-refractivity contribution is 9.10. The topological polar surface area (TPSA) is 70.8 Å². The van der Waals surface area contributed by atoms with Crippen molar-refractivity contribution in [3.63, 3.8) is 0 Å². The minimum atomic E-state index is 0.188. The summed E-state index contributed by atoms with van der Waals surface area (Å²) in [5.74, 6) is 1.54. The number of anilines is 1. The third kappa shape index (κ3) is 2.82. The summed E-state index contributed by atoms with van der Waals surface area (Å²) in [5.41, 5.74) is 8.39. The molecule has 2 unspecified atom stereocenters. The maximum Gasteiger partial charge on any atom is 0.245 e. The molecule has 1 aliphatic rings. The van der Waals surface area contributed by atoms with Crippen molar-refractivity contribution in [1.82, 2.24) is 15.2 Å². The highest BCUT2D eigenvalue weighted by Crippen LogP contribution is 2.27. The van der Waals surface area contributed by atoms with Crippen LogP contribution in [0.15, 0.2) is 22.7 Å². The summed E-state index contributed by atoms with van der Waals surface area (Å²) < 4.78 is 1.04. The number of nitrogens with zero attached hydrogens (tertiary/aromatic N) is 3. The van der Waals surface area contributed by atoms with Gasteiger partial charge in [-0.3, -0.25) is 5.10 Å². The Balaban J connectivity index is 1.91. The minimum Gasteiger partial charge on any atom is -0.335 e. The third-order valence-corrected chi connectivity index (χ3v) is 4.73. The number of piperidine rings is 1. The molecule has 1 saturated heterocycles. The van der Waals surface area contributed by atoms with Crippen LogP contribution in [0.4, 0.5) is 5.95 Å². The number of aromatic nitrogens is 3. The summed E-state index contributed by atoms with van der Waals surface area (Å²) in [6.45, 7) is 5.18. The van der Waals surface area contributed by atoms with Gasteiger partial charge in [0.2, 0.25) is 5.95 Å². The largest absolute Gasteiger partial charge is 0.335 e. The van der Waals surface area contributed by atoms with Crippen LogP contribution in [0.5, 0.6) is 0 Å². The Morgan fingerprint density at radius 1 is 1.43 bits per heavy atom. The number of nitrogens with two attached hydrogens (primary N) is 1. The van der Waals surface area contributed by atoms with Gasteiger partial charge in [-0.05, 0) is 44.4 Å². The molecule has 1 aliphatic heterocycles. The molecule has 2 atom stereocenters. The van der Waals surface area contributed by atoms with Crippen LogP contribution < -0.4 is 10.6 Å². The van der Waals surface area contributed by atoms with Crippen molar-refractivity contribution in [2.24, 2.45) is 5.73 Å². The Kier molecular flexibility index (Phi) is 3.99. The molecule has 0 aliphatic carbocycles. The molecule has 1 aromatic carbocycles. The average molecular weight is 350 g/mol. The number of H-pyrrole nitrogens is 1. The smallest absolute Gasteiger partial charge is 0.245 e. The second kappa shape index (κ2) is 5.77. The van der Waals surface area contributed by atoms with Gasteiger partial charge in [-0.25, -0.2) is 0 Å². The summed E-state index contributed by atoms with van der Waals surface area (Å²) >= 11 is 3.51. The van der Waals surface area contributed by atoms with E-state index in [2.05, 4.69) is 62.0 Å². The molecule has 2 heterocycles. The molecule has 2 aromatic rings. The lowest BCUT2D eigenvalue weighted by molar-refractivity contribution is 0.416. The molecule has 3 N–H and O–H groups in total. The minimum absolute atomic E-state index is 0.188. The van der Waals surface area contributed by atoms with Crippen molar-refractivity contribution in [2.45, 2.75) is 38.8 Å². The van der Waals surface area contributed by atoms with Gasteiger partial charge in [0.1, 0.15) is 0 Å². The van der Waals surface area contributed by atoms with Gasteiger partial charge in [-0.15, -0.1) is 5.10 Å². The molecular formula is C15H20BrN5. The van der Waals surface area contributed by atoms with Crippen LogP contribution in [0.1, 0.15) is 25.3 Å². The standard InChI is InChI=1S/C15H20BrN5/c1-9-5-6-11(16)8-12(9)14-18-15(20-19-14)21-7-3-4-13(17)10(21)2/h5-6,8,10,13H,3-4,7,17H2,1-2H3,(H,18,19,20). The van der Waals surface area contributed by atoms with Gasteiger partial charge in [-0.2, -0.15) is 4.98 Å². The highest BCUT2D eigenvalue weighted by Gasteiger charge is 2.27. The van der Waals surface area contributed by atoms with Crippen LogP contribution in [0.25, 0.3) is 11.4 Å². The van der Waals surface area contributed by atoms with Crippen molar-refractivity contribution in [1.29, 1.82) is 0 Å². The Hall–Kier alpha value is -1.40. The molecule has 0 saturated carbocycles. The van der Waals surface area contributed by atoms with E-state index in [0.29, 0.717) is 0 Å². The van der Waals surface area contributed by atoms with Crippen molar-refractivity contribution in [3.8, 4) is 11.4 Å². The number of hydrogen-bond acceptors (Lipinski definition) is 4. The lowest BCUT2D eigenvalue weighted by atomic mass is 9.99. The van der Waals surface area contributed by atoms with E-state index < -0.39 is 0 Å². The fraction of sp³-hybridized carbons (Fsp3) is 0.467. The zero-order valence-corrected chi connectivity index (χ0v) is 13.9. The number of halogens is 1. The van der Waals surface area contributed by atoms with E-state index in [0.717, 1.165) is 41.2 Å². The van der Waals surface area contributed by atoms with E-state index in [1.54, 1.807) is 0 Å². The average Bonchev–Trinajstić information content (AvgIpc) is 2.94. The first kappa shape index (κ1) is 14.5. The second-order valence-corrected chi connectivity index (χ2v) is 6.60. The quantitative estimate of drug-likeness (QED) is 0.874. The van der Waals surface area contributed by atoms with Gasteiger partial charge in [0.25, 0.3) is 0 Å². The molecule has 1 aromatic heterocycles. The SMILES string of the molecule is Cc1ccc(Br)cc1-c1nc(N2CCCC(N)C2C)n[nH]1. The zero-order valence-electron chi connectivity index (χ0n) is 12.3. The van der Waals surface area contributed by atoms with Gasteiger partial charge < -0.3 is 10.6 Å². The predicted octanol–water partition coefficient (Wildman–Crippen LogP) is 2.86. The molecular weight excluding hydrogens is 330 g/mol. The van der Waals surface area contributed by atoms with Crippen LogP contribution in [0.3, 0.4) is 0 Å². The summed E-state index contributed by atoms with van der Waals surface area (Å²) in [4.78, 5) is 6.87. The number of hydrogen-bond donors (Lipinski definition) is 2. The van der Waals surface area contributed by atoms with Crippen LogP contribution in [0.2, 0.25) is 0 Å². The van der Waals surface area contributed by atoms with Crippen molar-refractivity contribution in [2.75, 3.05) is 11.4 Å². The fourth-order valence-electron chi connectivity index (χ4n) is 2.81. The first-order chi connectivity index (χ1) is 10.1. The fourth-order valence-corrected chi connectivity index (χ4v) is 3.17. The number of benzene rings is 1. The van der Waals surface area contributed by atoms with Crippen LogP contribution in [-0.2, 0) is 0 Å². The van der Waals surface area contributed by atoms with E-state index in [4.69, 9.17) is 5.73 Å². The lowest BCUT2D eigenvalue weighted by Gasteiger charge is -2.36. The number of aromatic amines is 1. The number of nitrogens with one attached hydrogen (secondary N) is 1. The van der Waals surface area contributed by atoms with Gasteiger partial charge >= 0.3 is 0 Å². The summed E-state index contributed by atoms with van der Waals surface area (Å²) in [6, 6.07) is 6.62. The first-order valence-corrected chi connectivity index (χ1v) is 8.06. The molecule has 0 amide bonds. The molecule has 21 heavy (non-hydrogen) atoms. The molecule has 5 nitrogen and oxygen atoms in total. The van der Waals surface area contributed by atoms with Gasteiger partial charge in [0.15, 0.2) is 5.82 Å². The molecule has 0 spiro atoms. The van der Waals surface area contributed by atoms with Crippen molar-refractivity contribution < 1.29 is 0 Å². The summed E-state index contributed by atoms with van der Waals surface area (Å²) in [7, 11) is 0. The van der Waals surface area contributed by atoms with Crippen molar-refractivity contribution in [3.05, 3.63) is 28.2 Å². The normalized spacial score (nSPS) is 22.6.